The number of alkyl halides is 5. The van der Waals surface area contributed by atoms with Gasteiger partial charge in [0, 0.05) is 5.69 Å². The number of nitrogens with zero attached hydrogens (tertiary/aromatic N) is 3. The molecule has 2 rings (SSSR count). The highest BCUT2D eigenvalue weighted by atomic mass is 19.4. The van der Waals surface area contributed by atoms with E-state index < -0.39 is 29.3 Å². The van der Waals surface area contributed by atoms with E-state index >= 15 is 0 Å². The van der Waals surface area contributed by atoms with E-state index in [0.29, 0.717) is 11.8 Å². The second-order valence-electron chi connectivity index (χ2n) is 5.15. The van der Waals surface area contributed by atoms with Gasteiger partial charge in [-0.25, -0.2) is 14.5 Å². The molecular formula is C15H14F5N3O2. The van der Waals surface area contributed by atoms with E-state index in [9.17, 15) is 26.7 Å². The van der Waals surface area contributed by atoms with Crippen LogP contribution in [0.15, 0.2) is 18.3 Å². The lowest BCUT2D eigenvalue weighted by molar-refractivity contribution is -0.289. The number of pyridine rings is 1. The van der Waals surface area contributed by atoms with Crippen LogP contribution in [-0.4, -0.2) is 33.5 Å². The predicted octanol–water partition coefficient (Wildman–Crippen LogP) is 3.71. The Morgan fingerprint density at radius 1 is 1.20 bits per heavy atom. The van der Waals surface area contributed by atoms with Gasteiger partial charge in [-0.1, -0.05) is 0 Å². The molecule has 0 spiro atoms. The van der Waals surface area contributed by atoms with Crippen LogP contribution in [0.2, 0.25) is 0 Å². The van der Waals surface area contributed by atoms with Gasteiger partial charge < -0.3 is 4.74 Å². The molecule has 0 amide bonds. The van der Waals surface area contributed by atoms with Crippen LogP contribution in [0.1, 0.15) is 34.2 Å². The maximum Gasteiger partial charge on any atom is 0.458 e. The number of hydrogen-bond acceptors (Lipinski definition) is 4. The topological polar surface area (TPSA) is 57.0 Å². The molecule has 0 radical (unpaired) electrons. The van der Waals surface area contributed by atoms with E-state index in [1.807, 2.05) is 0 Å². The summed E-state index contributed by atoms with van der Waals surface area (Å²) in [6.07, 6.45) is -4.51. The first kappa shape index (κ1) is 18.8. The molecular weight excluding hydrogens is 349 g/mol. The van der Waals surface area contributed by atoms with Crippen LogP contribution in [0, 0.1) is 13.8 Å². The summed E-state index contributed by atoms with van der Waals surface area (Å²) >= 11 is 0. The predicted molar refractivity (Wildman–Crippen MR) is 76.7 cm³/mol. The monoisotopic (exact) mass is 363 g/mol. The van der Waals surface area contributed by atoms with Gasteiger partial charge >= 0.3 is 18.1 Å². The van der Waals surface area contributed by atoms with Crippen molar-refractivity contribution in [2.45, 2.75) is 32.9 Å². The van der Waals surface area contributed by atoms with Crippen LogP contribution in [0.25, 0.3) is 5.82 Å². The normalized spacial score (nSPS) is 12.3. The molecule has 5 nitrogen and oxygen atoms in total. The molecule has 0 aromatic carbocycles. The lowest BCUT2D eigenvalue weighted by Crippen LogP contribution is -2.34. The Bertz CT molecular complexity index is 799. The highest BCUT2D eigenvalue weighted by molar-refractivity contribution is 5.90. The highest BCUT2D eigenvalue weighted by Gasteiger charge is 2.59. The summed E-state index contributed by atoms with van der Waals surface area (Å²) in [5.74, 6) is -5.63. The van der Waals surface area contributed by atoms with Crippen molar-refractivity contribution >= 4 is 5.97 Å². The van der Waals surface area contributed by atoms with E-state index in [0.717, 1.165) is 17.7 Å². The van der Waals surface area contributed by atoms with Gasteiger partial charge in [-0.15, -0.1) is 0 Å². The summed E-state index contributed by atoms with van der Waals surface area (Å²) < 4.78 is 70.5. The molecule has 0 aliphatic heterocycles. The zero-order valence-electron chi connectivity index (χ0n) is 13.5. The second-order valence-corrected chi connectivity index (χ2v) is 5.15. The summed E-state index contributed by atoms with van der Waals surface area (Å²) in [5.41, 5.74) is -1.27. The SMILES string of the molecule is CCOC(=O)c1cnn(-c2ccc(C(F)(F)C(F)(F)F)c(C)n2)c1C. The fourth-order valence-electron chi connectivity index (χ4n) is 2.20. The van der Waals surface area contributed by atoms with Crippen molar-refractivity contribution < 1.29 is 31.5 Å². The first-order valence-electron chi connectivity index (χ1n) is 7.15. The number of aryl methyl sites for hydroxylation is 1. The molecule has 0 aliphatic carbocycles. The fourth-order valence-corrected chi connectivity index (χ4v) is 2.20. The molecule has 0 aliphatic rings. The van der Waals surface area contributed by atoms with Gasteiger partial charge in [0.25, 0.3) is 0 Å². The number of carbonyl (C=O) groups excluding carboxylic acids is 1. The van der Waals surface area contributed by atoms with Crippen molar-refractivity contribution in [3.05, 3.63) is 40.8 Å². The van der Waals surface area contributed by atoms with Crippen molar-refractivity contribution in [2.24, 2.45) is 0 Å². The largest absolute Gasteiger partial charge is 0.462 e. The zero-order valence-corrected chi connectivity index (χ0v) is 13.5. The maximum atomic E-state index is 13.5. The molecule has 2 aromatic heterocycles. The van der Waals surface area contributed by atoms with Gasteiger partial charge in [0.1, 0.15) is 5.56 Å². The molecule has 136 valence electrons. The van der Waals surface area contributed by atoms with E-state index in [1.165, 1.54) is 13.1 Å². The lowest BCUT2D eigenvalue weighted by Gasteiger charge is -2.21. The highest BCUT2D eigenvalue weighted by Crippen LogP contribution is 2.44. The van der Waals surface area contributed by atoms with Crippen molar-refractivity contribution in [3.8, 4) is 5.82 Å². The van der Waals surface area contributed by atoms with Crippen LogP contribution in [-0.2, 0) is 10.7 Å². The summed E-state index contributed by atoms with van der Waals surface area (Å²) in [4.78, 5) is 15.5. The van der Waals surface area contributed by atoms with Crippen LogP contribution in [0.3, 0.4) is 0 Å². The van der Waals surface area contributed by atoms with Crippen LogP contribution in [0.4, 0.5) is 22.0 Å². The molecule has 10 heteroatoms. The number of halogens is 5. The first-order valence-corrected chi connectivity index (χ1v) is 7.15. The molecule has 0 saturated heterocycles. The number of rotatable bonds is 4. The third kappa shape index (κ3) is 3.33. The molecule has 2 aromatic rings. The van der Waals surface area contributed by atoms with Crippen LogP contribution >= 0.6 is 0 Å². The zero-order chi connectivity index (χ0) is 19.0. The fraction of sp³-hybridized carbons (Fsp3) is 0.400. The standard InChI is InChI=1S/C15H14F5N3O2/c1-4-25-13(24)10-7-21-23(9(10)3)12-6-5-11(8(2)22-12)14(16,17)15(18,19)20/h5-7H,4H2,1-3H3. The number of aromatic nitrogens is 3. The lowest BCUT2D eigenvalue weighted by atomic mass is 10.1. The summed E-state index contributed by atoms with van der Waals surface area (Å²) in [6, 6.07) is 1.63. The Hall–Kier alpha value is -2.52. The Labute approximate surface area is 139 Å². The third-order valence-corrected chi connectivity index (χ3v) is 3.49. The molecule has 0 bridgehead atoms. The number of esters is 1. The van der Waals surface area contributed by atoms with Crippen molar-refractivity contribution in [2.75, 3.05) is 6.61 Å². The van der Waals surface area contributed by atoms with E-state index in [2.05, 4.69) is 10.1 Å². The number of hydrogen-bond donors (Lipinski definition) is 0. The average Bonchev–Trinajstić information content (AvgIpc) is 2.87. The van der Waals surface area contributed by atoms with Gasteiger partial charge in [-0.05, 0) is 32.9 Å². The summed E-state index contributed by atoms with van der Waals surface area (Å²) in [6.45, 7) is 4.35. The van der Waals surface area contributed by atoms with Crippen molar-refractivity contribution in [3.63, 3.8) is 0 Å². The minimum atomic E-state index is -5.72. The van der Waals surface area contributed by atoms with E-state index in [1.54, 1.807) is 6.92 Å². The van der Waals surface area contributed by atoms with Crippen molar-refractivity contribution in [1.29, 1.82) is 0 Å². The van der Waals surface area contributed by atoms with Gasteiger partial charge in [-0.2, -0.15) is 27.1 Å². The van der Waals surface area contributed by atoms with E-state index in [4.69, 9.17) is 4.74 Å². The molecule has 0 atom stereocenters. The number of carbonyl (C=O) groups is 1. The first-order chi connectivity index (χ1) is 11.5. The minimum absolute atomic E-state index is 0.00673. The van der Waals surface area contributed by atoms with Crippen LogP contribution < -0.4 is 0 Å². The molecule has 25 heavy (non-hydrogen) atoms. The quantitative estimate of drug-likeness (QED) is 0.614. The van der Waals surface area contributed by atoms with Gasteiger partial charge in [0.05, 0.1) is 24.1 Å². The number of ether oxygens (including phenoxy) is 1. The Morgan fingerprint density at radius 2 is 1.84 bits per heavy atom. The Balaban J connectivity index is 2.44. The van der Waals surface area contributed by atoms with Gasteiger partial charge in [-0.3, -0.25) is 0 Å². The molecule has 0 saturated carbocycles. The Kier molecular flexibility index (Phi) is 4.83. The molecule has 0 unspecified atom stereocenters. The second kappa shape index (κ2) is 6.41. The summed E-state index contributed by atoms with van der Waals surface area (Å²) in [7, 11) is 0. The molecule has 0 fully saturated rings. The smallest absolute Gasteiger partial charge is 0.458 e. The third-order valence-electron chi connectivity index (χ3n) is 3.49. The minimum Gasteiger partial charge on any atom is -0.462 e. The van der Waals surface area contributed by atoms with Gasteiger partial charge in [0.15, 0.2) is 5.82 Å². The Morgan fingerprint density at radius 3 is 2.36 bits per heavy atom. The van der Waals surface area contributed by atoms with E-state index in [-0.39, 0.29) is 18.0 Å². The average molecular weight is 363 g/mol. The molecule has 2 heterocycles. The van der Waals surface area contributed by atoms with Crippen LogP contribution in [0.5, 0.6) is 0 Å². The maximum absolute atomic E-state index is 13.5. The summed E-state index contributed by atoms with van der Waals surface area (Å²) in [5, 5.41) is 3.91. The van der Waals surface area contributed by atoms with Crippen molar-refractivity contribution in [1.82, 2.24) is 14.8 Å². The molecule has 0 N–H and O–H groups in total. The van der Waals surface area contributed by atoms with Gasteiger partial charge in [0.2, 0.25) is 0 Å².